The number of benzene rings is 3. The molecular formula is C27H26Cl2N2O3. The van der Waals surface area contributed by atoms with Crippen LogP contribution in [0.1, 0.15) is 42.1 Å². The molecule has 0 saturated carbocycles. The number of hydrogen-bond donors (Lipinski definition) is 0. The SMILES string of the molecule is CCN(C(=O)[C@@H]1C[C@@H](C)N(C(=O)c2ccc(OC)cc2)c2ccccc21)c1ccc(Cl)c(Cl)c1. The molecule has 34 heavy (non-hydrogen) atoms. The van der Waals surface area contributed by atoms with Crippen LogP contribution in [-0.2, 0) is 4.79 Å². The average Bonchev–Trinajstić information content (AvgIpc) is 2.85. The molecule has 2 atom stereocenters. The van der Waals surface area contributed by atoms with Crippen molar-refractivity contribution in [3.63, 3.8) is 0 Å². The molecule has 0 bridgehead atoms. The smallest absolute Gasteiger partial charge is 0.258 e. The highest BCUT2D eigenvalue weighted by atomic mass is 35.5. The van der Waals surface area contributed by atoms with Gasteiger partial charge in [0.15, 0.2) is 0 Å². The fourth-order valence-corrected chi connectivity index (χ4v) is 4.83. The number of amides is 2. The zero-order chi connectivity index (χ0) is 24.4. The maximum absolute atomic E-state index is 13.8. The van der Waals surface area contributed by atoms with E-state index in [1.54, 1.807) is 59.4 Å². The summed E-state index contributed by atoms with van der Waals surface area (Å²) in [5.74, 6) is 0.166. The second-order valence-corrected chi connectivity index (χ2v) is 9.10. The third-order valence-corrected chi connectivity index (χ3v) is 6.98. The third kappa shape index (κ3) is 4.50. The van der Waals surface area contributed by atoms with Gasteiger partial charge in [-0.15, -0.1) is 0 Å². The molecule has 0 radical (unpaired) electrons. The van der Waals surface area contributed by atoms with Gasteiger partial charge >= 0.3 is 0 Å². The van der Waals surface area contributed by atoms with Crippen molar-refractivity contribution >= 4 is 46.4 Å². The monoisotopic (exact) mass is 496 g/mol. The number of likely N-dealkylation sites (N-methyl/N-ethyl adjacent to an activating group) is 1. The molecule has 0 saturated heterocycles. The van der Waals surface area contributed by atoms with Crippen molar-refractivity contribution in [2.24, 2.45) is 0 Å². The number of halogens is 2. The van der Waals surface area contributed by atoms with Crippen LogP contribution in [-0.4, -0.2) is 31.5 Å². The van der Waals surface area contributed by atoms with Gasteiger partial charge in [-0.3, -0.25) is 9.59 Å². The molecule has 1 heterocycles. The molecule has 0 spiro atoms. The number of para-hydroxylation sites is 1. The summed E-state index contributed by atoms with van der Waals surface area (Å²) in [6.45, 7) is 4.39. The third-order valence-electron chi connectivity index (χ3n) is 6.24. The zero-order valence-corrected chi connectivity index (χ0v) is 20.8. The lowest BCUT2D eigenvalue weighted by molar-refractivity contribution is -0.120. The second-order valence-electron chi connectivity index (χ2n) is 8.28. The summed E-state index contributed by atoms with van der Waals surface area (Å²) in [5, 5.41) is 0.845. The van der Waals surface area contributed by atoms with Crippen LogP contribution >= 0.6 is 23.2 Å². The summed E-state index contributed by atoms with van der Waals surface area (Å²) in [4.78, 5) is 30.8. The molecule has 0 N–H and O–H groups in total. The van der Waals surface area contributed by atoms with Crippen molar-refractivity contribution in [2.45, 2.75) is 32.2 Å². The number of methoxy groups -OCH3 is 1. The summed E-state index contributed by atoms with van der Waals surface area (Å²) in [5.41, 5.74) is 2.86. The van der Waals surface area contributed by atoms with E-state index in [0.29, 0.717) is 40.0 Å². The summed E-state index contributed by atoms with van der Waals surface area (Å²) >= 11 is 12.3. The Labute approximate surface area is 209 Å². The molecule has 4 rings (SSSR count). The van der Waals surface area contributed by atoms with Crippen LogP contribution in [0.4, 0.5) is 11.4 Å². The highest BCUT2D eigenvalue weighted by Gasteiger charge is 2.38. The fourth-order valence-electron chi connectivity index (χ4n) is 4.54. The van der Waals surface area contributed by atoms with Gasteiger partial charge in [-0.25, -0.2) is 0 Å². The second kappa shape index (κ2) is 10.1. The Morgan fingerprint density at radius 2 is 1.74 bits per heavy atom. The Bertz CT molecular complexity index is 1210. The van der Waals surface area contributed by atoms with Gasteiger partial charge < -0.3 is 14.5 Å². The number of carbonyl (C=O) groups excluding carboxylic acids is 2. The van der Waals surface area contributed by atoms with Crippen LogP contribution in [0.3, 0.4) is 0 Å². The molecule has 3 aromatic rings. The standard InChI is InChI=1S/C27H26Cl2N2O3/c1-4-30(19-11-14-23(28)24(29)16-19)27(33)22-15-17(2)31(25-8-6-5-7-21(22)25)26(32)18-9-12-20(34-3)13-10-18/h5-14,16-17,22H,4,15H2,1-3H3/t17-,22-/m1/s1. The lowest BCUT2D eigenvalue weighted by Crippen LogP contribution is -2.46. The first-order chi connectivity index (χ1) is 16.3. The molecule has 0 aliphatic carbocycles. The summed E-state index contributed by atoms with van der Waals surface area (Å²) < 4.78 is 5.21. The molecule has 1 aliphatic rings. The number of rotatable bonds is 5. The zero-order valence-electron chi connectivity index (χ0n) is 19.3. The molecule has 2 amide bonds. The molecule has 0 fully saturated rings. The Kier molecular flexibility index (Phi) is 7.15. The minimum Gasteiger partial charge on any atom is -0.497 e. The summed E-state index contributed by atoms with van der Waals surface area (Å²) in [6.07, 6.45) is 0.509. The minimum absolute atomic E-state index is 0.0308. The van der Waals surface area contributed by atoms with E-state index < -0.39 is 0 Å². The first kappa shape index (κ1) is 24.1. The molecule has 176 valence electrons. The predicted octanol–water partition coefficient (Wildman–Crippen LogP) is 6.58. The highest BCUT2D eigenvalue weighted by Crippen LogP contribution is 2.41. The van der Waals surface area contributed by atoms with Crippen LogP contribution in [0.5, 0.6) is 5.75 Å². The quantitative estimate of drug-likeness (QED) is 0.400. The van der Waals surface area contributed by atoms with E-state index in [2.05, 4.69) is 0 Å². The van der Waals surface area contributed by atoms with Gasteiger partial charge in [0.2, 0.25) is 5.91 Å². The number of hydrogen-bond acceptors (Lipinski definition) is 3. The molecule has 3 aromatic carbocycles. The van der Waals surface area contributed by atoms with Crippen LogP contribution in [0.25, 0.3) is 0 Å². The molecule has 7 heteroatoms. The number of ether oxygens (including phenoxy) is 1. The highest BCUT2D eigenvalue weighted by molar-refractivity contribution is 6.42. The largest absolute Gasteiger partial charge is 0.497 e. The van der Waals surface area contributed by atoms with E-state index in [1.165, 1.54) is 0 Å². The Morgan fingerprint density at radius 1 is 1.03 bits per heavy atom. The van der Waals surface area contributed by atoms with Crippen LogP contribution in [0.15, 0.2) is 66.7 Å². The lowest BCUT2D eigenvalue weighted by Gasteiger charge is -2.40. The van der Waals surface area contributed by atoms with Gasteiger partial charge in [0, 0.05) is 29.5 Å². The van der Waals surface area contributed by atoms with Gasteiger partial charge in [-0.05, 0) is 74.4 Å². The Hall–Kier alpha value is -3.02. The molecule has 5 nitrogen and oxygen atoms in total. The molecule has 1 aliphatic heterocycles. The Balaban J connectivity index is 1.69. The van der Waals surface area contributed by atoms with E-state index in [0.717, 1.165) is 11.3 Å². The van der Waals surface area contributed by atoms with Crippen molar-refractivity contribution in [3.05, 3.63) is 87.9 Å². The topological polar surface area (TPSA) is 49.9 Å². The first-order valence-corrected chi connectivity index (χ1v) is 11.9. The van der Waals surface area contributed by atoms with Crippen molar-refractivity contribution in [1.82, 2.24) is 0 Å². The van der Waals surface area contributed by atoms with Crippen molar-refractivity contribution in [1.29, 1.82) is 0 Å². The van der Waals surface area contributed by atoms with Gasteiger partial charge in [-0.1, -0.05) is 41.4 Å². The van der Waals surface area contributed by atoms with E-state index in [4.69, 9.17) is 27.9 Å². The molecular weight excluding hydrogens is 471 g/mol. The van der Waals surface area contributed by atoms with Crippen molar-refractivity contribution in [2.75, 3.05) is 23.5 Å². The van der Waals surface area contributed by atoms with Crippen LogP contribution in [0, 0.1) is 0 Å². The van der Waals surface area contributed by atoms with Gasteiger partial charge in [0.1, 0.15) is 5.75 Å². The van der Waals surface area contributed by atoms with Gasteiger partial charge in [0.05, 0.1) is 23.1 Å². The van der Waals surface area contributed by atoms with Crippen LogP contribution < -0.4 is 14.5 Å². The summed E-state index contributed by atoms with van der Waals surface area (Å²) in [7, 11) is 1.59. The average molecular weight is 497 g/mol. The normalized spacial score (nSPS) is 17.1. The Morgan fingerprint density at radius 3 is 2.38 bits per heavy atom. The van der Waals surface area contributed by atoms with E-state index in [-0.39, 0.29) is 23.8 Å². The fraction of sp³-hybridized carbons (Fsp3) is 0.259. The lowest BCUT2D eigenvalue weighted by atomic mass is 9.84. The first-order valence-electron chi connectivity index (χ1n) is 11.2. The van der Waals surface area contributed by atoms with Crippen molar-refractivity contribution in [3.8, 4) is 5.75 Å². The van der Waals surface area contributed by atoms with E-state index in [9.17, 15) is 9.59 Å². The van der Waals surface area contributed by atoms with Gasteiger partial charge in [0.25, 0.3) is 5.91 Å². The van der Waals surface area contributed by atoms with E-state index in [1.807, 2.05) is 38.1 Å². The minimum atomic E-state index is -0.388. The number of anilines is 2. The molecule has 0 aromatic heterocycles. The maximum atomic E-state index is 13.8. The van der Waals surface area contributed by atoms with Crippen LogP contribution in [0.2, 0.25) is 10.0 Å². The summed E-state index contributed by atoms with van der Waals surface area (Å²) in [6, 6.07) is 19.7. The van der Waals surface area contributed by atoms with Gasteiger partial charge in [-0.2, -0.15) is 0 Å². The molecule has 0 unspecified atom stereocenters. The van der Waals surface area contributed by atoms with Crippen molar-refractivity contribution < 1.29 is 14.3 Å². The van der Waals surface area contributed by atoms with E-state index >= 15 is 0 Å². The maximum Gasteiger partial charge on any atom is 0.258 e. The number of carbonyl (C=O) groups is 2. The number of fused-ring (bicyclic) bond motifs is 1. The number of nitrogens with zero attached hydrogens (tertiary/aromatic N) is 2. The predicted molar refractivity (Wildman–Crippen MR) is 138 cm³/mol.